The number of carbonyl (C=O) groups excluding carboxylic acids is 3. The van der Waals surface area contributed by atoms with Gasteiger partial charge in [-0.15, -0.1) is 6.58 Å². The lowest BCUT2D eigenvalue weighted by atomic mass is 9.94. The fourth-order valence-electron chi connectivity index (χ4n) is 4.47. The van der Waals surface area contributed by atoms with Gasteiger partial charge in [-0.25, -0.2) is 9.59 Å². The zero-order chi connectivity index (χ0) is 24.7. The number of carbonyl (C=O) groups is 3. The molecule has 1 atom stereocenters. The first-order valence-corrected chi connectivity index (χ1v) is 12.0. The van der Waals surface area contributed by atoms with Gasteiger partial charge in [0.2, 0.25) is 5.91 Å². The standard InChI is InChI=1S/C26H36N4O4/c1-5-13-30-21(18-28-14-10-15-29(17-16-28)24(31)19(3)4)22(25(32)34-6-2)23(27-26(30)33)20-11-8-7-9-12-20/h5,7-9,11-12,19,23H,1,6,10,13-18H2,2-4H3,(H,27,33). The molecule has 1 unspecified atom stereocenters. The maximum atomic E-state index is 13.2. The van der Waals surface area contributed by atoms with E-state index in [1.165, 1.54) is 0 Å². The van der Waals surface area contributed by atoms with E-state index in [9.17, 15) is 14.4 Å². The quantitative estimate of drug-likeness (QED) is 0.469. The van der Waals surface area contributed by atoms with E-state index in [-0.39, 0.29) is 31.0 Å². The van der Waals surface area contributed by atoms with Gasteiger partial charge < -0.3 is 15.0 Å². The van der Waals surface area contributed by atoms with Crippen LogP contribution in [0.25, 0.3) is 0 Å². The molecule has 1 N–H and O–H groups in total. The number of urea groups is 1. The number of hydrogen-bond acceptors (Lipinski definition) is 5. The molecule has 3 rings (SSSR count). The summed E-state index contributed by atoms with van der Waals surface area (Å²) < 4.78 is 5.44. The van der Waals surface area contributed by atoms with Crippen LogP contribution in [0.4, 0.5) is 4.79 Å². The van der Waals surface area contributed by atoms with Crippen LogP contribution in [0.3, 0.4) is 0 Å². The molecule has 34 heavy (non-hydrogen) atoms. The van der Waals surface area contributed by atoms with Gasteiger partial charge in [0.15, 0.2) is 0 Å². The van der Waals surface area contributed by atoms with E-state index in [4.69, 9.17) is 4.74 Å². The first-order valence-electron chi connectivity index (χ1n) is 12.0. The second kappa shape index (κ2) is 11.8. The van der Waals surface area contributed by atoms with Crippen molar-refractivity contribution in [3.05, 3.63) is 59.8 Å². The molecular weight excluding hydrogens is 432 g/mol. The Hall–Kier alpha value is -3.13. The van der Waals surface area contributed by atoms with Gasteiger partial charge in [0.05, 0.1) is 18.2 Å². The summed E-state index contributed by atoms with van der Waals surface area (Å²) in [5.41, 5.74) is 1.88. The van der Waals surface area contributed by atoms with E-state index >= 15 is 0 Å². The molecular formula is C26H36N4O4. The maximum Gasteiger partial charge on any atom is 0.338 e. The van der Waals surface area contributed by atoms with Crippen LogP contribution in [-0.2, 0) is 14.3 Å². The van der Waals surface area contributed by atoms with Gasteiger partial charge in [-0.05, 0) is 18.9 Å². The first kappa shape index (κ1) is 25.5. The van der Waals surface area contributed by atoms with Gasteiger partial charge in [-0.1, -0.05) is 50.3 Å². The second-order valence-corrected chi connectivity index (χ2v) is 8.88. The van der Waals surface area contributed by atoms with Crippen LogP contribution in [0.5, 0.6) is 0 Å². The van der Waals surface area contributed by atoms with Crippen molar-refractivity contribution >= 4 is 17.9 Å². The Kier molecular flexibility index (Phi) is 8.87. The lowest BCUT2D eigenvalue weighted by molar-refractivity contribution is -0.139. The van der Waals surface area contributed by atoms with Gasteiger partial charge >= 0.3 is 12.0 Å². The fourth-order valence-corrected chi connectivity index (χ4v) is 4.47. The van der Waals surface area contributed by atoms with E-state index < -0.39 is 12.0 Å². The smallest absolute Gasteiger partial charge is 0.338 e. The summed E-state index contributed by atoms with van der Waals surface area (Å²) in [6.07, 6.45) is 2.48. The molecule has 2 heterocycles. The number of amides is 3. The lowest BCUT2D eigenvalue weighted by Crippen LogP contribution is -2.51. The number of nitrogens with one attached hydrogen (secondary N) is 1. The molecule has 2 aliphatic heterocycles. The highest BCUT2D eigenvalue weighted by Crippen LogP contribution is 2.32. The molecule has 1 aromatic carbocycles. The summed E-state index contributed by atoms with van der Waals surface area (Å²) in [5.74, 6) is -0.323. The highest BCUT2D eigenvalue weighted by molar-refractivity contribution is 5.95. The Balaban J connectivity index is 1.98. The van der Waals surface area contributed by atoms with Crippen molar-refractivity contribution in [2.75, 3.05) is 45.9 Å². The van der Waals surface area contributed by atoms with Crippen molar-refractivity contribution in [3.63, 3.8) is 0 Å². The number of nitrogens with zero attached hydrogens (tertiary/aromatic N) is 3. The molecule has 0 bridgehead atoms. The van der Waals surface area contributed by atoms with Crippen LogP contribution in [-0.4, -0.2) is 78.5 Å². The third-order valence-corrected chi connectivity index (χ3v) is 6.15. The fraction of sp³-hybridized carbons (Fsp3) is 0.500. The topological polar surface area (TPSA) is 82.2 Å². The van der Waals surface area contributed by atoms with E-state index in [2.05, 4.69) is 16.8 Å². The average Bonchev–Trinajstić information content (AvgIpc) is 3.06. The Morgan fingerprint density at radius 1 is 1.18 bits per heavy atom. The molecule has 8 heteroatoms. The van der Waals surface area contributed by atoms with Crippen molar-refractivity contribution in [2.45, 2.75) is 33.2 Å². The van der Waals surface area contributed by atoms with Crippen LogP contribution < -0.4 is 5.32 Å². The number of hydrogen-bond donors (Lipinski definition) is 1. The summed E-state index contributed by atoms with van der Waals surface area (Å²) >= 11 is 0. The Labute approximate surface area is 202 Å². The minimum Gasteiger partial charge on any atom is -0.463 e. The van der Waals surface area contributed by atoms with Gasteiger partial charge in [0, 0.05) is 50.9 Å². The van der Waals surface area contributed by atoms with Crippen LogP contribution in [0.1, 0.15) is 38.8 Å². The first-order chi connectivity index (χ1) is 16.4. The summed E-state index contributed by atoms with van der Waals surface area (Å²) in [6.45, 7) is 13.1. The Morgan fingerprint density at radius 2 is 1.91 bits per heavy atom. The van der Waals surface area contributed by atoms with E-state index in [0.29, 0.717) is 37.4 Å². The molecule has 3 amide bonds. The number of esters is 1. The summed E-state index contributed by atoms with van der Waals surface area (Å²) in [6, 6.07) is 8.58. The molecule has 1 aromatic rings. The molecule has 8 nitrogen and oxygen atoms in total. The SMILES string of the molecule is C=CCN1C(=O)NC(c2ccccc2)C(C(=O)OCC)=C1CN1CCCN(C(=O)C(C)C)CC1. The summed E-state index contributed by atoms with van der Waals surface area (Å²) in [5, 5.41) is 2.98. The largest absolute Gasteiger partial charge is 0.463 e. The number of ether oxygens (including phenoxy) is 1. The molecule has 0 aromatic heterocycles. The van der Waals surface area contributed by atoms with Crippen LogP contribution in [0.15, 0.2) is 54.3 Å². The van der Waals surface area contributed by atoms with Gasteiger partial charge in [-0.3, -0.25) is 14.6 Å². The van der Waals surface area contributed by atoms with Crippen molar-refractivity contribution < 1.29 is 19.1 Å². The molecule has 1 fully saturated rings. The number of rotatable bonds is 8. The van der Waals surface area contributed by atoms with E-state index in [1.54, 1.807) is 17.9 Å². The Morgan fingerprint density at radius 3 is 2.56 bits per heavy atom. The summed E-state index contributed by atoms with van der Waals surface area (Å²) in [4.78, 5) is 44.6. The van der Waals surface area contributed by atoms with Crippen molar-refractivity contribution in [3.8, 4) is 0 Å². The van der Waals surface area contributed by atoms with E-state index in [0.717, 1.165) is 18.5 Å². The lowest BCUT2D eigenvalue weighted by Gasteiger charge is -2.38. The molecule has 2 aliphatic rings. The minimum absolute atomic E-state index is 0.0403. The summed E-state index contributed by atoms with van der Waals surface area (Å²) in [7, 11) is 0. The molecule has 0 spiro atoms. The Bertz CT molecular complexity index is 928. The zero-order valence-corrected chi connectivity index (χ0v) is 20.5. The molecule has 184 valence electrons. The normalized spacial score (nSPS) is 19.6. The maximum absolute atomic E-state index is 13.2. The minimum atomic E-state index is -0.602. The van der Waals surface area contributed by atoms with E-state index in [1.807, 2.05) is 49.1 Å². The predicted octanol–water partition coefficient (Wildman–Crippen LogP) is 2.95. The van der Waals surface area contributed by atoms with Gasteiger partial charge in [0.1, 0.15) is 0 Å². The van der Waals surface area contributed by atoms with Gasteiger partial charge in [0.25, 0.3) is 0 Å². The van der Waals surface area contributed by atoms with Crippen LogP contribution in [0, 0.1) is 5.92 Å². The van der Waals surface area contributed by atoms with Crippen molar-refractivity contribution in [1.82, 2.24) is 20.0 Å². The highest BCUT2D eigenvalue weighted by atomic mass is 16.5. The highest BCUT2D eigenvalue weighted by Gasteiger charge is 2.38. The molecule has 0 aliphatic carbocycles. The van der Waals surface area contributed by atoms with Crippen LogP contribution >= 0.6 is 0 Å². The zero-order valence-electron chi connectivity index (χ0n) is 20.5. The molecule has 0 radical (unpaired) electrons. The third kappa shape index (κ3) is 5.86. The predicted molar refractivity (Wildman–Crippen MR) is 131 cm³/mol. The second-order valence-electron chi connectivity index (χ2n) is 8.88. The third-order valence-electron chi connectivity index (χ3n) is 6.15. The monoisotopic (exact) mass is 468 g/mol. The molecule has 1 saturated heterocycles. The number of benzene rings is 1. The van der Waals surface area contributed by atoms with Crippen molar-refractivity contribution in [1.29, 1.82) is 0 Å². The molecule has 0 saturated carbocycles. The average molecular weight is 469 g/mol. The van der Waals surface area contributed by atoms with Crippen LogP contribution in [0.2, 0.25) is 0 Å². The van der Waals surface area contributed by atoms with Gasteiger partial charge in [-0.2, -0.15) is 0 Å². The van der Waals surface area contributed by atoms with Crippen molar-refractivity contribution in [2.24, 2.45) is 5.92 Å².